The molecule has 0 spiro atoms. The molecule has 2 rings (SSSR count). The monoisotopic (exact) mass is 338 g/mol. The number of carbonyl (C=O) groups is 1. The van der Waals surface area contributed by atoms with Gasteiger partial charge in [0.15, 0.2) is 5.78 Å². The Hall–Kier alpha value is -3.06. The van der Waals surface area contributed by atoms with Crippen LogP contribution in [-0.4, -0.2) is 17.5 Å². The van der Waals surface area contributed by atoms with E-state index in [0.717, 1.165) is 42.7 Å². The van der Waals surface area contributed by atoms with Crippen LogP contribution in [0.15, 0.2) is 48.5 Å². The molecule has 0 radical (unpaired) electrons. The zero-order valence-corrected chi connectivity index (χ0v) is 13.7. The molecule has 1 N–H and O–H groups in total. The van der Waals surface area contributed by atoms with E-state index in [-0.39, 0.29) is 11.3 Å². The van der Waals surface area contributed by atoms with Crippen LogP contribution < -0.4 is 4.74 Å². The summed E-state index contributed by atoms with van der Waals surface area (Å²) in [6, 6.07) is 10.6. The van der Waals surface area contributed by atoms with Gasteiger partial charge in [0.1, 0.15) is 17.3 Å². The van der Waals surface area contributed by atoms with Crippen LogP contribution in [0.4, 0.5) is 4.39 Å². The molecule has 0 aliphatic carbocycles. The fraction of sp³-hybridized carbons (Fsp3) is 0.190. The Bertz CT molecular complexity index is 786. The van der Waals surface area contributed by atoms with Gasteiger partial charge in [-0.15, -0.1) is 12.3 Å². The van der Waals surface area contributed by atoms with Crippen LogP contribution in [0.1, 0.15) is 35.2 Å². The Kier molecular flexibility index (Phi) is 6.79. The number of hydrogen-bond donors (Lipinski definition) is 1. The molecular formula is C21H19FO3. The van der Waals surface area contributed by atoms with Gasteiger partial charge >= 0.3 is 0 Å². The Labute approximate surface area is 146 Å². The summed E-state index contributed by atoms with van der Waals surface area (Å²) in [5, 5.41) is 9.61. The number of rotatable bonds is 8. The van der Waals surface area contributed by atoms with Crippen LogP contribution in [0.2, 0.25) is 0 Å². The van der Waals surface area contributed by atoms with Gasteiger partial charge in [-0.05, 0) is 48.7 Å². The third-order valence-electron chi connectivity index (χ3n) is 3.52. The van der Waals surface area contributed by atoms with Crippen molar-refractivity contribution in [2.45, 2.75) is 19.3 Å². The fourth-order valence-electron chi connectivity index (χ4n) is 2.17. The predicted molar refractivity (Wildman–Crippen MR) is 96.1 cm³/mol. The molecule has 0 saturated carbocycles. The second kappa shape index (κ2) is 9.29. The fourth-order valence-corrected chi connectivity index (χ4v) is 2.17. The number of carbonyl (C=O) groups excluding carboxylic acids is 1. The summed E-state index contributed by atoms with van der Waals surface area (Å²) in [6.07, 6.45) is 10.8. The summed E-state index contributed by atoms with van der Waals surface area (Å²) in [6.45, 7) is 0.610. The molecule has 0 amide bonds. The van der Waals surface area contributed by atoms with E-state index in [2.05, 4.69) is 5.92 Å². The summed E-state index contributed by atoms with van der Waals surface area (Å²) < 4.78 is 18.5. The number of allylic oxidation sites excluding steroid dienone is 1. The molecule has 0 bridgehead atoms. The van der Waals surface area contributed by atoms with E-state index in [0.29, 0.717) is 6.61 Å². The van der Waals surface area contributed by atoms with Crippen molar-refractivity contribution in [2.24, 2.45) is 0 Å². The van der Waals surface area contributed by atoms with Crippen LogP contribution in [0.25, 0.3) is 6.08 Å². The van der Waals surface area contributed by atoms with E-state index in [1.165, 1.54) is 12.1 Å². The smallest absolute Gasteiger partial charge is 0.189 e. The van der Waals surface area contributed by atoms with Crippen molar-refractivity contribution in [3.05, 3.63) is 65.5 Å². The largest absolute Gasteiger partial charge is 0.507 e. The van der Waals surface area contributed by atoms with Gasteiger partial charge in [-0.3, -0.25) is 4.79 Å². The number of benzene rings is 2. The molecular weight excluding hydrogens is 319 g/mol. The van der Waals surface area contributed by atoms with Crippen LogP contribution in [-0.2, 0) is 0 Å². The predicted octanol–water partition coefficient (Wildman–Crippen LogP) is 4.61. The number of unbranched alkanes of at least 4 members (excludes halogenated alkanes) is 2. The Morgan fingerprint density at radius 1 is 1.20 bits per heavy atom. The molecule has 0 unspecified atom stereocenters. The van der Waals surface area contributed by atoms with Gasteiger partial charge in [-0.25, -0.2) is 4.39 Å². The van der Waals surface area contributed by atoms with Gasteiger partial charge in [-0.1, -0.05) is 18.2 Å². The van der Waals surface area contributed by atoms with Crippen molar-refractivity contribution in [2.75, 3.05) is 6.61 Å². The topological polar surface area (TPSA) is 46.5 Å². The third-order valence-corrected chi connectivity index (χ3v) is 3.52. The van der Waals surface area contributed by atoms with Gasteiger partial charge in [0.2, 0.25) is 0 Å². The minimum absolute atomic E-state index is 0.0598. The number of halogens is 1. The lowest BCUT2D eigenvalue weighted by molar-refractivity contribution is 0.104. The first kappa shape index (κ1) is 18.3. The maximum absolute atomic E-state index is 12.9. The van der Waals surface area contributed by atoms with E-state index < -0.39 is 11.6 Å². The molecule has 0 atom stereocenters. The molecule has 4 heteroatoms. The highest BCUT2D eigenvalue weighted by Crippen LogP contribution is 2.20. The quantitative estimate of drug-likeness (QED) is 0.331. The Balaban J connectivity index is 1.90. The minimum atomic E-state index is -0.590. The molecule has 0 aliphatic rings. The Morgan fingerprint density at radius 2 is 1.96 bits per heavy atom. The van der Waals surface area contributed by atoms with Gasteiger partial charge in [0.05, 0.1) is 12.2 Å². The number of aromatic hydroxyl groups is 1. The second-order valence-electron chi connectivity index (χ2n) is 5.44. The summed E-state index contributed by atoms with van der Waals surface area (Å²) in [5.41, 5.74) is 0.874. The van der Waals surface area contributed by atoms with Gasteiger partial charge in [0, 0.05) is 12.5 Å². The molecule has 2 aromatic rings. The molecule has 0 aliphatic heterocycles. The van der Waals surface area contributed by atoms with E-state index in [1.807, 2.05) is 24.3 Å². The molecule has 0 aromatic heterocycles. The average molecular weight is 338 g/mol. The average Bonchev–Trinajstić information content (AvgIpc) is 2.60. The van der Waals surface area contributed by atoms with Crippen LogP contribution in [0.3, 0.4) is 0 Å². The number of hydrogen-bond acceptors (Lipinski definition) is 3. The van der Waals surface area contributed by atoms with Crippen LogP contribution in [0.5, 0.6) is 11.5 Å². The lowest BCUT2D eigenvalue weighted by Gasteiger charge is -2.05. The molecule has 2 aromatic carbocycles. The highest BCUT2D eigenvalue weighted by atomic mass is 19.1. The molecule has 3 nitrogen and oxygen atoms in total. The summed E-state index contributed by atoms with van der Waals surface area (Å²) in [5.74, 6) is 1.98. The molecule has 128 valence electrons. The SMILES string of the molecule is C#CCCCCOc1ccc(/C=C/C(=O)c2ccc(F)cc2O)cc1. The van der Waals surface area contributed by atoms with E-state index in [1.54, 1.807) is 6.08 Å². The number of ether oxygens (including phenoxy) is 1. The lowest BCUT2D eigenvalue weighted by Crippen LogP contribution is -1.97. The van der Waals surface area contributed by atoms with Crippen molar-refractivity contribution in [3.8, 4) is 23.8 Å². The van der Waals surface area contributed by atoms with Crippen molar-refractivity contribution >= 4 is 11.9 Å². The lowest BCUT2D eigenvalue weighted by atomic mass is 10.1. The zero-order valence-electron chi connectivity index (χ0n) is 13.7. The summed E-state index contributed by atoms with van der Waals surface area (Å²) >= 11 is 0. The first-order chi connectivity index (χ1) is 12.1. The van der Waals surface area contributed by atoms with Gasteiger partial charge < -0.3 is 9.84 Å². The maximum atomic E-state index is 12.9. The molecule has 0 saturated heterocycles. The van der Waals surface area contributed by atoms with Crippen LogP contribution >= 0.6 is 0 Å². The summed E-state index contributed by atoms with van der Waals surface area (Å²) in [7, 11) is 0. The minimum Gasteiger partial charge on any atom is -0.507 e. The van der Waals surface area contributed by atoms with E-state index in [9.17, 15) is 14.3 Å². The number of ketones is 1. The van der Waals surface area contributed by atoms with Gasteiger partial charge in [-0.2, -0.15) is 0 Å². The number of terminal acetylenes is 1. The zero-order chi connectivity index (χ0) is 18.1. The first-order valence-corrected chi connectivity index (χ1v) is 7.97. The number of phenols is 1. The van der Waals surface area contributed by atoms with Crippen molar-refractivity contribution in [3.63, 3.8) is 0 Å². The van der Waals surface area contributed by atoms with Gasteiger partial charge in [0.25, 0.3) is 0 Å². The third kappa shape index (κ3) is 5.82. The highest BCUT2D eigenvalue weighted by Gasteiger charge is 2.08. The standard InChI is InChI=1S/C21H19FO3/c1-2-3-4-5-14-25-18-10-6-16(7-11-18)8-13-20(23)19-12-9-17(22)15-21(19)24/h1,6-13,15,24H,3-5,14H2/b13-8+. The van der Waals surface area contributed by atoms with Crippen molar-refractivity contribution in [1.82, 2.24) is 0 Å². The van der Waals surface area contributed by atoms with Crippen molar-refractivity contribution in [1.29, 1.82) is 0 Å². The molecule has 25 heavy (non-hydrogen) atoms. The van der Waals surface area contributed by atoms with E-state index >= 15 is 0 Å². The number of phenolic OH excluding ortho intramolecular Hbond substituents is 1. The summed E-state index contributed by atoms with van der Waals surface area (Å²) in [4.78, 5) is 12.0. The van der Waals surface area contributed by atoms with E-state index in [4.69, 9.17) is 11.2 Å². The molecule has 0 heterocycles. The molecule has 0 fully saturated rings. The first-order valence-electron chi connectivity index (χ1n) is 7.97. The van der Waals surface area contributed by atoms with Crippen molar-refractivity contribution < 1.29 is 19.0 Å². The Morgan fingerprint density at radius 3 is 2.64 bits per heavy atom. The maximum Gasteiger partial charge on any atom is 0.189 e. The second-order valence-corrected chi connectivity index (χ2v) is 5.44. The van der Waals surface area contributed by atoms with Crippen LogP contribution in [0, 0.1) is 18.2 Å². The normalized spacial score (nSPS) is 10.6. The highest BCUT2D eigenvalue weighted by molar-refractivity contribution is 6.08.